The standard InChI is InChI=1S/C38H49N7O6/c1-30-4-9-34(27-36(30)43-38-40-12-10-35(42-38)33-3-2-11-39-28-33)41-37(47)32-7-5-31(6-8-32)29-45-15-13-44(14-16-45)17-19-48-21-23-50-25-26-51-24-22-49-20-18-46/h2-12,27-28,46H,13-26,29H2,1H3,(H,41,47)(H,40,42,43). The Morgan fingerprint density at radius 2 is 1.49 bits per heavy atom. The lowest BCUT2D eigenvalue weighted by atomic mass is 10.1. The average molecular weight is 700 g/mol. The number of hydrogen-bond donors (Lipinski definition) is 3. The number of carbonyl (C=O) groups is 1. The van der Waals surface area contributed by atoms with Crippen molar-refractivity contribution in [3.63, 3.8) is 0 Å². The van der Waals surface area contributed by atoms with Crippen LogP contribution in [0.3, 0.4) is 0 Å². The molecule has 5 rings (SSSR count). The largest absolute Gasteiger partial charge is 0.394 e. The first-order valence-electron chi connectivity index (χ1n) is 17.5. The monoisotopic (exact) mass is 699 g/mol. The maximum atomic E-state index is 13.1. The molecular formula is C38H49N7O6. The summed E-state index contributed by atoms with van der Waals surface area (Å²) in [5, 5.41) is 15.0. The average Bonchev–Trinajstić information content (AvgIpc) is 3.16. The minimum Gasteiger partial charge on any atom is -0.394 e. The third-order valence-electron chi connectivity index (χ3n) is 8.35. The highest BCUT2D eigenvalue weighted by molar-refractivity contribution is 6.04. The highest BCUT2D eigenvalue weighted by Crippen LogP contribution is 2.25. The Bertz CT molecular complexity index is 1600. The number of amides is 1. The van der Waals surface area contributed by atoms with E-state index in [1.165, 1.54) is 5.56 Å². The van der Waals surface area contributed by atoms with E-state index in [-0.39, 0.29) is 12.5 Å². The molecule has 272 valence electrons. The van der Waals surface area contributed by atoms with E-state index in [0.29, 0.717) is 70.1 Å². The van der Waals surface area contributed by atoms with Gasteiger partial charge in [-0.1, -0.05) is 18.2 Å². The van der Waals surface area contributed by atoms with Crippen LogP contribution in [0.2, 0.25) is 0 Å². The van der Waals surface area contributed by atoms with Gasteiger partial charge >= 0.3 is 0 Å². The number of aryl methyl sites for hydroxylation is 1. The fourth-order valence-electron chi connectivity index (χ4n) is 5.46. The number of carbonyl (C=O) groups excluding carboxylic acids is 1. The summed E-state index contributed by atoms with van der Waals surface area (Å²) < 4.78 is 21.8. The van der Waals surface area contributed by atoms with Gasteiger partial charge in [0.05, 0.1) is 65.2 Å². The molecule has 13 nitrogen and oxygen atoms in total. The first-order chi connectivity index (χ1) is 25.1. The van der Waals surface area contributed by atoms with Crippen molar-refractivity contribution in [3.8, 4) is 11.3 Å². The van der Waals surface area contributed by atoms with Crippen molar-refractivity contribution in [1.82, 2.24) is 24.8 Å². The Labute approximate surface area is 299 Å². The van der Waals surface area contributed by atoms with Crippen LogP contribution >= 0.6 is 0 Å². The van der Waals surface area contributed by atoms with Crippen LogP contribution in [0.15, 0.2) is 79.3 Å². The van der Waals surface area contributed by atoms with Gasteiger partial charge in [0.1, 0.15) is 0 Å². The molecule has 51 heavy (non-hydrogen) atoms. The molecule has 1 saturated heterocycles. The third kappa shape index (κ3) is 13.1. The van der Waals surface area contributed by atoms with E-state index >= 15 is 0 Å². The van der Waals surface area contributed by atoms with E-state index in [4.69, 9.17) is 24.1 Å². The highest BCUT2D eigenvalue weighted by atomic mass is 16.6. The Kier molecular flexibility index (Phi) is 15.7. The number of nitrogens with zero attached hydrogens (tertiary/aromatic N) is 5. The molecule has 1 aliphatic heterocycles. The Balaban J connectivity index is 0.974. The van der Waals surface area contributed by atoms with Crippen molar-refractivity contribution < 1.29 is 28.8 Å². The summed E-state index contributed by atoms with van der Waals surface area (Å²) in [4.78, 5) is 31.2. The zero-order valence-corrected chi connectivity index (χ0v) is 29.3. The molecule has 1 fully saturated rings. The summed E-state index contributed by atoms with van der Waals surface area (Å²) in [7, 11) is 0. The molecule has 0 saturated carbocycles. The van der Waals surface area contributed by atoms with E-state index in [1.54, 1.807) is 18.6 Å². The van der Waals surface area contributed by atoms with Crippen molar-refractivity contribution in [2.45, 2.75) is 13.5 Å². The smallest absolute Gasteiger partial charge is 0.255 e. The molecule has 2 aromatic heterocycles. The first kappa shape index (κ1) is 37.9. The van der Waals surface area contributed by atoms with Gasteiger partial charge in [-0.15, -0.1) is 0 Å². The SMILES string of the molecule is Cc1ccc(NC(=O)c2ccc(CN3CCN(CCOCCOCCOCCOCCO)CC3)cc2)cc1Nc1nccc(-c2cccnc2)n1. The van der Waals surface area contributed by atoms with Crippen LogP contribution in [0.1, 0.15) is 21.5 Å². The molecule has 4 aromatic rings. The number of nitrogens with one attached hydrogen (secondary N) is 2. The number of aromatic nitrogens is 3. The minimum absolute atomic E-state index is 0.0273. The fourth-order valence-corrected chi connectivity index (χ4v) is 5.46. The Morgan fingerprint density at radius 1 is 0.804 bits per heavy atom. The molecule has 1 aliphatic rings. The molecule has 2 aromatic carbocycles. The summed E-state index contributed by atoms with van der Waals surface area (Å²) >= 11 is 0. The van der Waals surface area contributed by atoms with Gasteiger partial charge in [-0.2, -0.15) is 0 Å². The zero-order valence-electron chi connectivity index (χ0n) is 29.3. The molecule has 1 amide bonds. The number of ether oxygens (including phenoxy) is 4. The molecule has 0 radical (unpaired) electrons. The minimum atomic E-state index is -0.167. The number of benzene rings is 2. The number of hydrogen-bond acceptors (Lipinski definition) is 12. The molecule has 13 heteroatoms. The van der Waals surface area contributed by atoms with Crippen LogP contribution in [0.5, 0.6) is 0 Å². The summed E-state index contributed by atoms with van der Waals surface area (Å²) in [6.07, 6.45) is 5.20. The van der Waals surface area contributed by atoms with Gasteiger partial charge in [0.2, 0.25) is 5.95 Å². The topological polar surface area (TPSA) is 143 Å². The molecule has 0 spiro atoms. The predicted octanol–water partition coefficient (Wildman–Crippen LogP) is 4.02. The molecule has 0 atom stereocenters. The van der Waals surface area contributed by atoms with Crippen LogP contribution in [-0.2, 0) is 25.5 Å². The Hall–Kier alpha value is -4.34. The van der Waals surface area contributed by atoms with Gasteiger partial charge < -0.3 is 34.7 Å². The lowest BCUT2D eigenvalue weighted by Crippen LogP contribution is -2.46. The summed E-state index contributed by atoms with van der Waals surface area (Å²) in [5.41, 5.74) is 5.94. The van der Waals surface area contributed by atoms with Crippen molar-refractivity contribution in [3.05, 3.63) is 95.9 Å². The van der Waals surface area contributed by atoms with E-state index in [0.717, 1.165) is 61.8 Å². The first-order valence-corrected chi connectivity index (χ1v) is 17.5. The number of rotatable bonds is 21. The van der Waals surface area contributed by atoms with E-state index in [1.807, 2.05) is 67.6 Å². The molecule has 3 heterocycles. The summed E-state index contributed by atoms with van der Waals surface area (Å²) in [5.74, 6) is 0.294. The van der Waals surface area contributed by atoms with Crippen LogP contribution in [-0.4, -0.2) is 128 Å². The van der Waals surface area contributed by atoms with Crippen molar-refractivity contribution in [1.29, 1.82) is 0 Å². The molecule has 0 aliphatic carbocycles. The van der Waals surface area contributed by atoms with E-state index in [9.17, 15) is 4.79 Å². The van der Waals surface area contributed by atoms with E-state index in [2.05, 4.69) is 35.4 Å². The highest BCUT2D eigenvalue weighted by Gasteiger charge is 2.17. The predicted molar refractivity (Wildman–Crippen MR) is 196 cm³/mol. The van der Waals surface area contributed by atoms with Gasteiger partial charge in [0, 0.05) is 80.4 Å². The second-order valence-corrected chi connectivity index (χ2v) is 12.1. The number of piperazine rings is 1. The summed E-state index contributed by atoms with van der Waals surface area (Å²) in [6.45, 7) is 11.9. The fraction of sp³-hybridized carbons (Fsp3) is 0.421. The summed E-state index contributed by atoms with van der Waals surface area (Å²) in [6, 6.07) is 19.2. The maximum absolute atomic E-state index is 13.1. The molecule has 0 bridgehead atoms. The lowest BCUT2D eigenvalue weighted by Gasteiger charge is -2.34. The van der Waals surface area contributed by atoms with Crippen LogP contribution in [0.4, 0.5) is 17.3 Å². The zero-order chi connectivity index (χ0) is 35.5. The van der Waals surface area contributed by atoms with Crippen LogP contribution in [0.25, 0.3) is 11.3 Å². The second-order valence-electron chi connectivity index (χ2n) is 12.1. The van der Waals surface area contributed by atoms with Gasteiger partial charge in [-0.3, -0.25) is 19.6 Å². The number of pyridine rings is 1. The van der Waals surface area contributed by atoms with Crippen molar-refractivity contribution in [2.75, 3.05) is 103 Å². The molecule has 3 N–H and O–H groups in total. The number of anilines is 3. The van der Waals surface area contributed by atoms with Crippen LogP contribution < -0.4 is 10.6 Å². The van der Waals surface area contributed by atoms with Crippen molar-refractivity contribution >= 4 is 23.2 Å². The van der Waals surface area contributed by atoms with Gasteiger partial charge in [-0.05, 0) is 60.5 Å². The quantitative estimate of drug-likeness (QED) is 0.108. The number of aliphatic hydroxyl groups excluding tert-OH is 1. The normalized spacial score (nSPS) is 13.7. The lowest BCUT2D eigenvalue weighted by molar-refractivity contribution is -0.00830. The van der Waals surface area contributed by atoms with Gasteiger partial charge in [0.15, 0.2) is 0 Å². The maximum Gasteiger partial charge on any atom is 0.255 e. The van der Waals surface area contributed by atoms with Crippen LogP contribution in [0, 0.1) is 6.92 Å². The number of aliphatic hydroxyl groups is 1. The second kappa shape index (κ2) is 21.1. The van der Waals surface area contributed by atoms with Gasteiger partial charge in [0.25, 0.3) is 5.91 Å². The molecular weight excluding hydrogens is 650 g/mol. The van der Waals surface area contributed by atoms with E-state index < -0.39 is 0 Å². The Morgan fingerprint density at radius 3 is 2.18 bits per heavy atom. The molecule has 0 unspecified atom stereocenters. The van der Waals surface area contributed by atoms with Crippen molar-refractivity contribution in [2.24, 2.45) is 0 Å². The third-order valence-corrected chi connectivity index (χ3v) is 8.35. The van der Waals surface area contributed by atoms with Gasteiger partial charge in [-0.25, -0.2) is 9.97 Å².